The minimum absolute atomic E-state index is 0.0156. The van der Waals surface area contributed by atoms with Gasteiger partial charge < -0.3 is 19.4 Å². The quantitative estimate of drug-likeness (QED) is 0.756. The Morgan fingerprint density at radius 2 is 2.03 bits per heavy atom. The number of likely N-dealkylation sites (tertiary alicyclic amines) is 1. The molecule has 2 atom stereocenters. The van der Waals surface area contributed by atoms with Gasteiger partial charge in [-0.25, -0.2) is 0 Å². The standard InChI is InChI=1S/C22H26N2O5/c1-14(19-10-15-6-2-5-9-18(15)29-19)23-20(25)13-28-22(27)16-11-21(26)24(12-16)17-7-3-4-8-17/h2,5-6,9-10,14,16-17H,3-4,7-8,11-13H2,1H3,(H,23,25)/t14-,16+/m0/s1. The molecule has 1 aliphatic heterocycles. The van der Waals surface area contributed by atoms with Crippen molar-refractivity contribution >= 4 is 28.8 Å². The summed E-state index contributed by atoms with van der Waals surface area (Å²) in [5.74, 6) is -0.710. The predicted molar refractivity (Wildman–Crippen MR) is 106 cm³/mol. The summed E-state index contributed by atoms with van der Waals surface area (Å²) in [4.78, 5) is 38.6. The summed E-state index contributed by atoms with van der Waals surface area (Å²) in [6.45, 7) is 1.85. The first-order chi connectivity index (χ1) is 14.0. The maximum atomic E-state index is 12.3. The topological polar surface area (TPSA) is 88.8 Å². The molecule has 2 heterocycles. The van der Waals surface area contributed by atoms with E-state index in [1.807, 2.05) is 42.2 Å². The Hall–Kier alpha value is -2.83. The van der Waals surface area contributed by atoms with Crippen LogP contribution >= 0.6 is 0 Å². The smallest absolute Gasteiger partial charge is 0.311 e. The Morgan fingerprint density at radius 1 is 1.28 bits per heavy atom. The third-order valence-corrected chi connectivity index (χ3v) is 5.85. The van der Waals surface area contributed by atoms with Crippen molar-refractivity contribution in [2.24, 2.45) is 5.92 Å². The number of hydrogen-bond acceptors (Lipinski definition) is 5. The molecule has 2 aliphatic rings. The van der Waals surface area contributed by atoms with Crippen molar-refractivity contribution < 1.29 is 23.5 Å². The van der Waals surface area contributed by atoms with Gasteiger partial charge in [0.1, 0.15) is 11.3 Å². The van der Waals surface area contributed by atoms with Crippen molar-refractivity contribution in [2.75, 3.05) is 13.2 Å². The van der Waals surface area contributed by atoms with Gasteiger partial charge in [0, 0.05) is 24.4 Å². The van der Waals surface area contributed by atoms with Gasteiger partial charge in [-0.3, -0.25) is 14.4 Å². The van der Waals surface area contributed by atoms with Crippen LogP contribution in [0.3, 0.4) is 0 Å². The first-order valence-electron chi connectivity index (χ1n) is 10.2. The second-order valence-electron chi connectivity index (χ2n) is 7.97. The van der Waals surface area contributed by atoms with E-state index in [4.69, 9.17) is 9.15 Å². The van der Waals surface area contributed by atoms with E-state index in [2.05, 4.69) is 5.32 Å². The van der Waals surface area contributed by atoms with E-state index in [1.165, 1.54) is 0 Å². The molecule has 1 aromatic carbocycles. The molecule has 4 rings (SSSR count). The molecule has 1 aliphatic carbocycles. The zero-order chi connectivity index (χ0) is 20.4. The first-order valence-corrected chi connectivity index (χ1v) is 10.2. The van der Waals surface area contributed by atoms with Crippen molar-refractivity contribution in [3.8, 4) is 0 Å². The second-order valence-corrected chi connectivity index (χ2v) is 7.97. The molecule has 7 heteroatoms. The highest BCUT2D eigenvalue weighted by molar-refractivity contribution is 5.88. The molecule has 0 unspecified atom stereocenters. The molecule has 2 aromatic rings. The van der Waals surface area contributed by atoms with E-state index in [0.29, 0.717) is 12.3 Å². The highest BCUT2D eigenvalue weighted by Gasteiger charge is 2.39. The lowest BCUT2D eigenvalue weighted by Crippen LogP contribution is -2.35. The van der Waals surface area contributed by atoms with E-state index in [0.717, 1.165) is 36.7 Å². The molecule has 2 amide bonds. The molecule has 0 bridgehead atoms. The molecule has 0 spiro atoms. The molecular formula is C22H26N2O5. The van der Waals surface area contributed by atoms with Crippen LogP contribution in [0.1, 0.15) is 50.8 Å². The number of carbonyl (C=O) groups is 3. The van der Waals surface area contributed by atoms with E-state index in [-0.39, 0.29) is 31.0 Å². The summed E-state index contributed by atoms with van der Waals surface area (Å²) in [5, 5.41) is 3.74. The van der Waals surface area contributed by atoms with Gasteiger partial charge in [-0.05, 0) is 31.9 Å². The number of para-hydroxylation sites is 1. The third-order valence-electron chi connectivity index (χ3n) is 5.85. The van der Waals surface area contributed by atoms with E-state index in [1.54, 1.807) is 0 Å². The number of rotatable bonds is 6. The summed E-state index contributed by atoms with van der Waals surface area (Å²) in [6.07, 6.45) is 4.46. The van der Waals surface area contributed by atoms with Gasteiger partial charge >= 0.3 is 5.97 Å². The number of ether oxygens (including phenoxy) is 1. The first kappa shape index (κ1) is 19.5. The van der Waals surface area contributed by atoms with Gasteiger partial charge in [0.25, 0.3) is 5.91 Å². The molecule has 2 fully saturated rings. The largest absolute Gasteiger partial charge is 0.459 e. The van der Waals surface area contributed by atoms with Crippen molar-refractivity contribution in [3.63, 3.8) is 0 Å². The van der Waals surface area contributed by atoms with Crippen LogP contribution in [-0.2, 0) is 19.1 Å². The molecule has 154 valence electrons. The number of furan rings is 1. The van der Waals surface area contributed by atoms with E-state index in [9.17, 15) is 14.4 Å². The maximum absolute atomic E-state index is 12.3. The van der Waals surface area contributed by atoms with Crippen LogP contribution in [0.4, 0.5) is 0 Å². The maximum Gasteiger partial charge on any atom is 0.311 e. The van der Waals surface area contributed by atoms with Crippen LogP contribution in [0.5, 0.6) is 0 Å². The van der Waals surface area contributed by atoms with Crippen LogP contribution < -0.4 is 5.32 Å². The van der Waals surface area contributed by atoms with Crippen LogP contribution in [0.2, 0.25) is 0 Å². The lowest BCUT2D eigenvalue weighted by molar-refractivity contribution is -0.152. The third kappa shape index (κ3) is 4.28. The Bertz CT molecular complexity index is 882. The molecule has 7 nitrogen and oxygen atoms in total. The number of nitrogens with one attached hydrogen (secondary N) is 1. The minimum atomic E-state index is -0.483. The summed E-state index contributed by atoms with van der Waals surface area (Å²) in [7, 11) is 0. The number of carbonyl (C=O) groups excluding carboxylic acids is 3. The highest BCUT2D eigenvalue weighted by atomic mass is 16.5. The van der Waals surface area contributed by atoms with Crippen LogP contribution in [0, 0.1) is 5.92 Å². The van der Waals surface area contributed by atoms with E-state index < -0.39 is 17.8 Å². The lowest BCUT2D eigenvalue weighted by Gasteiger charge is -2.23. The Morgan fingerprint density at radius 3 is 2.79 bits per heavy atom. The van der Waals surface area contributed by atoms with Gasteiger partial charge in [0.2, 0.25) is 5.91 Å². The van der Waals surface area contributed by atoms with Crippen molar-refractivity contribution in [3.05, 3.63) is 36.1 Å². The second kappa shape index (κ2) is 8.27. The Labute approximate surface area is 169 Å². The number of benzene rings is 1. The molecule has 1 N–H and O–H groups in total. The number of fused-ring (bicyclic) bond motifs is 1. The zero-order valence-corrected chi connectivity index (χ0v) is 16.6. The zero-order valence-electron chi connectivity index (χ0n) is 16.6. The fourth-order valence-corrected chi connectivity index (χ4v) is 4.28. The van der Waals surface area contributed by atoms with Gasteiger partial charge in [-0.15, -0.1) is 0 Å². The summed E-state index contributed by atoms with van der Waals surface area (Å²) >= 11 is 0. The fourth-order valence-electron chi connectivity index (χ4n) is 4.28. The van der Waals surface area contributed by atoms with Gasteiger partial charge in [-0.2, -0.15) is 0 Å². The molecule has 1 saturated heterocycles. The lowest BCUT2D eigenvalue weighted by atomic mass is 10.1. The predicted octanol–water partition coefficient (Wildman–Crippen LogP) is 2.94. The van der Waals surface area contributed by atoms with Crippen LogP contribution in [0.25, 0.3) is 11.0 Å². The molecular weight excluding hydrogens is 372 g/mol. The number of hydrogen-bond donors (Lipinski definition) is 1. The number of nitrogens with zero attached hydrogens (tertiary/aromatic N) is 1. The fraction of sp³-hybridized carbons (Fsp3) is 0.500. The molecule has 1 saturated carbocycles. The highest BCUT2D eigenvalue weighted by Crippen LogP contribution is 2.30. The van der Waals surface area contributed by atoms with Crippen molar-refractivity contribution in [1.29, 1.82) is 0 Å². The Balaban J connectivity index is 1.25. The van der Waals surface area contributed by atoms with Gasteiger partial charge in [0.05, 0.1) is 12.0 Å². The average Bonchev–Trinajstić information content (AvgIpc) is 3.44. The average molecular weight is 398 g/mol. The van der Waals surface area contributed by atoms with E-state index >= 15 is 0 Å². The summed E-state index contributed by atoms with van der Waals surface area (Å²) < 4.78 is 10.9. The number of esters is 1. The van der Waals surface area contributed by atoms with Crippen molar-refractivity contribution in [1.82, 2.24) is 10.2 Å². The SMILES string of the molecule is C[C@H](NC(=O)COC(=O)[C@@H]1CC(=O)N(C2CCCC2)C1)c1cc2ccccc2o1. The van der Waals surface area contributed by atoms with Gasteiger partial charge in [-0.1, -0.05) is 31.0 Å². The normalized spacial score (nSPS) is 20.9. The Kier molecular flexibility index (Phi) is 5.56. The van der Waals surface area contributed by atoms with Crippen LogP contribution in [0.15, 0.2) is 34.7 Å². The molecule has 29 heavy (non-hydrogen) atoms. The minimum Gasteiger partial charge on any atom is -0.459 e. The molecule has 1 aromatic heterocycles. The monoisotopic (exact) mass is 398 g/mol. The summed E-state index contributed by atoms with van der Waals surface area (Å²) in [5.41, 5.74) is 0.757. The van der Waals surface area contributed by atoms with Gasteiger partial charge in [0.15, 0.2) is 6.61 Å². The summed E-state index contributed by atoms with van der Waals surface area (Å²) in [6, 6.07) is 9.41. The van der Waals surface area contributed by atoms with Crippen LogP contribution in [-0.4, -0.2) is 41.9 Å². The van der Waals surface area contributed by atoms with Crippen molar-refractivity contribution in [2.45, 2.75) is 51.1 Å². The number of amides is 2. The molecule has 0 radical (unpaired) electrons.